The molecule has 23 heavy (non-hydrogen) atoms. The summed E-state index contributed by atoms with van der Waals surface area (Å²) in [5.74, 6) is -0.337. The van der Waals surface area contributed by atoms with E-state index in [1.807, 2.05) is 18.2 Å². The summed E-state index contributed by atoms with van der Waals surface area (Å²) < 4.78 is 0. The van der Waals surface area contributed by atoms with Gasteiger partial charge in [0.15, 0.2) is 5.78 Å². The van der Waals surface area contributed by atoms with Crippen molar-refractivity contribution < 1.29 is 20.1 Å². The van der Waals surface area contributed by atoms with Crippen molar-refractivity contribution in [1.29, 1.82) is 0 Å². The fraction of sp³-hybridized carbons (Fsp3) is 0.105. The van der Waals surface area contributed by atoms with Gasteiger partial charge in [0.1, 0.15) is 18.0 Å². The lowest BCUT2D eigenvalue weighted by Crippen LogP contribution is -2.32. The number of aliphatic hydroxyl groups is 2. The molecule has 4 rings (SSSR count). The molecule has 0 heterocycles. The summed E-state index contributed by atoms with van der Waals surface area (Å²) >= 11 is 0. The highest BCUT2D eigenvalue weighted by atomic mass is 16.3. The molecule has 1 aliphatic rings. The largest absolute Gasteiger partial charge is 0.508 e. The zero-order valence-corrected chi connectivity index (χ0v) is 12.1. The number of aromatic hydroxyl groups is 1. The van der Waals surface area contributed by atoms with E-state index in [4.69, 9.17) is 0 Å². The Kier molecular flexibility index (Phi) is 2.98. The molecular weight excluding hydrogens is 292 g/mol. The summed E-state index contributed by atoms with van der Waals surface area (Å²) in [4.78, 5) is 12.6. The molecule has 3 N–H and O–H groups in total. The van der Waals surface area contributed by atoms with Crippen LogP contribution in [0.25, 0.3) is 21.9 Å². The van der Waals surface area contributed by atoms with Gasteiger partial charge in [0.25, 0.3) is 0 Å². The maximum absolute atomic E-state index is 12.6. The molecule has 0 bridgehead atoms. The number of carbonyl (C=O) groups excluding carboxylic acids is 1. The topological polar surface area (TPSA) is 77.8 Å². The van der Waals surface area contributed by atoms with Crippen molar-refractivity contribution in [3.05, 3.63) is 65.7 Å². The van der Waals surface area contributed by atoms with E-state index in [1.165, 1.54) is 0 Å². The van der Waals surface area contributed by atoms with E-state index in [-0.39, 0.29) is 5.75 Å². The van der Waals surface area contributed by atoms with Crippen molar-refractivity contribution in [3.63, 3.8) is 0 Å². The van der Waals surface area contributed by atoms with Crippen molar-refractivity contribution in [1.82, 2.24) is 0 Å². The van der Waals surface area contributed by atoms with Crippen LogP contribution in [0.5, 0.6) is 5.75 Å². The van der Waals surface area contributed by atoms with Crippen molar-refractivity contribution in [2.75, 3.05) is 0 Å². The van der Waals surface area contributed by atoms with Crippen LogP contribution in [0.15, 0.2) is 54.6 Å². The number of carbonyl (C=O) groups is 1. The molecule has 114 valence electrons. The lowest BCUT2D eigenvalue weighted by molar-refractivity contribution is 0.0193. The van der Waals surface area contributed by atoms with E-state index < -0.39 is 18.0 Å². The Labute approximate surface area is 132 Å². The van der Waals surface area contributed by atoms with Crippen LogP contribution in [0.2, 0.25) is 0 Å². The number of Topliss-reactive ketones (excluding diaryl/α,β-unsaturated/α-hetero) is 1. The van der Waals surface area contributed by atoms with Crippen LogP contribution < -0.4 is 0 Å². The minimum Gasteiger partial charge on any atom is -0.508 e. The standard InChI is InChI=1S/C19H14O4/c20-12-7-4-10(5-8-12)13-9-6-11-2-1-3-14-15(11)16(13)18(22)19(23)17(14)21/h1-9,17,19-21,23H/t17-,19+/m0/s1. The molecule has 0 amide bonds. The third-order valence-corrected chi connectivity index (χ3v) is 4.39. The highest BCUT2D eigenvalue weighted by Crippen LogP contribution is 2.40. The third-order valence-electron chi connectivity index (χ3n) is 4.39. The number of aliphatic hydroxyl groups excluding tert-OH is 2. The number of hydrogen-bond donors (Lipinski definition) is 3. The van der Waals surface area contributed by atoms with Gasteiger partial charge in [-0.2, -0.15) is 0 Å². The molecule has 0 saturated carbocycles. The highest BCUT2D eigenvalue weighted by molar-refractivity contribution is 6.18. The maximum atomic E-state index is 12.6. The third kappa shape index (κ3) is 1.96. The summed E-state index contributed by atoms with van der Waals surface area (Å²) in [6.45, 7) is 0. The van der Waals surface area contributed by atoms with Crippen LogP contribution >= 0.6 is 0 Å². The van der Waals surface area contributed by atoms with Gasteiger partial charge in [-0.1, -0.05) is 42.5 Å². The Morgan fingerprint density at radius 2 is 1.57 bits per heavy atom. The smallest absolute Gasteiger partial charge is 0.195 e. The first-order valence-corrected chi connectivity index (χ1v) is 7.33. The van der Waals surface area contributed by atoms with Gasteiger partial charge in [-0.15, -0.1) is 0 Å². The summed E-state index contributed by atoms with van der Waals surface area (Å²) in [6.07, 6.45) is -2.68. The number of phenolic OH excluding ortho intramolecular Hbond substituents is 1. The molecule has 0 fully saturated rings. The number of benzene rings is 3. The summed E-state index contributed by atoms with van der Waals surface area (Å²) in [5, 5.41) is 31.3. The molecule has 0 aromatic heterocycles. The fourth-order valence-electron chi connectivity index (χ4n) is 3.25. The van der Waals surface area contributed by atoms with Gasteiger partial charge in [0.2, 0.25) is 0 Å². The van der Waals surface area contributed by atoms with Gasteiger partial charge in [-0.3, -0.25) is 4.79 Å². The lowest BCUT2D eigenvalue weighted by atomic mass is 9.80. The van der Waals surface area contributed by atoms with Crippen LogP contribution in [0.3, 0.4) is 0 Å². The van der Waals surface area contributed by atoms with Gasteiger partial charge >= 0.3 is 0 Å². The molecule has 0 saturated heterocycles. The van der Waals surface area contributed by atoms with Gasteiger partial charge < -0.3 is 15.3 Å². The fourth-order valence-corrected chi connectivity index (χ4v) is 3.25. The Morgan fingerprint density at radius 1 is 0.826 bits per heavy atom. The van der Waals surface area contributed by atoms with E-state index in [2.05, 4.69) is 0 Å². The predicted molar refractivity (Wildman–Crippen MR) is 86.3 cm³/mol. The first-order valence-electron chi connectivity index (χ1n) is 7.33. The minimum atomic E-state index is -1.47. The normalized spacial score (nSPS) is 20.0. The average molecular weight is 306 g/mol. The predicted octanol–water partition coefficient (Wildman–Crippen LogP) is 2.80. The maximum Gasteiger partial charge on any atom is 0.195 e. The van der Waals surface area contributed by atoms with E-state index >= 15 is 0 Å². The SMILES string of the molecule is O=C1c2c(-c3ccc(O)cc3)ccc3cccc(c23)[C@H](O)[C@H]1O. The van der Waals surface area contributed by atoms with E-state index in [0.29, 0.717) is 22.1 Å². The second kappa shape index (κ2) is 4.91. The molecular formula is C19H14O4. The molecule has 3 aromatic carbocycles. The van der Waals surface area contributed by atoms with Gasteiger partial charge in [-0.05, 0) is 39.6 Å². The molecule has 2 atom stereocenters. The molecule has 0 spiro atoms. The van der Waals surface area contributed by atoms with Crippen molar-refractivity contribution in [2.24, 2.45) is 0 Å². The first kappa shape index (κ1) is 13.9. The monoisotopic (exact) mass is 306 g/mol. The molecule has 4 nitrogen and oxygen atoms in total. The second-order valence-electron chi connectivity index (χ2n) is 5.73. The number of hydrogen-bond acceptors (Lipinski definition) is 4. The number of ketones is 1. The molecule has 1 aliphatic carbocycles. The summed E-state index contributed by atoms with van der Waals surface area (Å²) in [6, 6.07) is 15.7. The van der Waals surface area contributed by atoms with Crippen molar-refractivity contribution in [3.8, 4) is 16.9 Å². The van der Waals surface area contributed by atoms with Gasteiger partial charge in [-0.25, -0.2) is 0 Å². The lowest BCUT2D eigenvalue weighted by Gasteiger charge is -2.27. The average Bonchev–Trinajstić information content (AvgIpc) is 2.58. The van der Waals surface area contributed by atoms with Crippen LogP contribution in [0.1, 0.15) is 22.0 Å². The Balaban J connectivity index is 2.09. The number of phenols is 1. The molecule has 0 radical (unpaired) electrons. The molecule has 0 aliphatic heterocycles. The van der Waals surface area contributed by atoms with Crippen molar-refractivity contribution >= 4 is 16.6 Å². The molecule has 4 heteroatoms. The zero-order chi connectivity index (χ0) is 16.1. The quantitative estimate of drug-likeness (QED) is 0.646. The first-order chi connectivity index (χ1) is 11.1. The molecule has 0 unspecified atom stereocenters. The summed E-state index contributed by atoms with van der Waals surface area (Å²) in [7, 11) is 0. The van der Waals surface area contributed by atoms with E-state index in [0.717, 1.165) is 10.9 Å². The van der Waals surface area contributed by atoms with Gasteiger partial charge in [0, 0.05) is 5.56 Å². The zero-order valence-electron chi connectivity index (χ0n) is 12.1. The Morgan fingerprint density at radius 3 is 2.30 bits per heavy atom. The van der Waals surface area contributed by atoms with Crippen LogP contribution in [0.4, 0.5) is 0 Å². The summed E-state index contributed by atoms with van der Waals surface area (Å²) in [5.41, 5.74) is 2.43. The Bertz CT molecular complexity index is 928. The molecule has 3 aromatic rings. The Hall–Kier alpha value is -2.69. The van der Waals surface area contributed by atoms with Gasteiger partial charge in [0.05, 0.1) is 0 Å². The van der Waals surface area contributed by atoms with Crippen LogP contribution in [-0.4, -0.2) is 27.2 Å². The minimum absolute atomic E-state index is 0.144. The van der Waals surface area contributed by atoms with Crippen molar-refractivity contribution in [2.45, 2.75) is 12.2 Å². The van der Waals surface area contributed by atoms with Crippen LogP contribution in [0, 0.1) is 0 Å². The highest BCUT2D eigenvalue weighted by Gasteiger charge is 2.36. The number of rotatable bonds is 1. The van der Waals surface area contributed by atoms with E-state index in [1.54, 1.807) is 36.4 Å². The van der Waals surface area contributed by atoms with Crippen LogP contribution in [-0.2, 0) is 0 Å². The second-order valence-corrected chi connectivity index (χ2v) is 5.73. The van der Waals surface area contributed by atoms with E-state index in [9.17, 15) is 20.1 Å².